The zero-order valence-corrected chi connectivity index (χ0v) is 34.0. The summed E-state index contributed by atoms with van der Waals surface area (Å²) >= 11 is 0. The van der Waals surface area contributed by atoms with E-state index in [0.29, 0.717) is 0 Å². The van der Waals surface area contributed by atoms with Crippen LogP contribution in [-0.4, -0.2) is 28.7 Å². The highest BCUT2D eigenvalue weighted by Crippen LogP contribution is 2.38. The number of nitrogens with one attached hydrogen (secondary N) is 1. The van der Waals surface area contributed by atoms with Gasteiger partial charge in [0.2, 0.25) is 0 Å². The molecule has 6 aromatic carbocycles. The van der Waals surface area contributed by atoms with Crippen molar-refractivity contribution in [2.75, 3.05) is 0 Å². The second-order valence-electron chi connectivity index (χ2n) is 16.1. The molecule has 0 spiro atoms. The van der Waals surface area contributed by atoms with Gasteiger partial charge in [0.25, 0.3) is 0 Å². The monoisotopic (exact) mass is 807 g/mol. The van der Waals surface area contributed by atoms with Gasteiger partial charge in [-0.2, -0.15) is 0 Å². The Balaban J connectivity index is 0.833. The zero-order valence-electron chi connectivity index (χ0n) is 34.0. The first kappa shape index (κ1) is 35.2. The Morgan fingerprint density at radius 3 is 1.43 bits per heavy atom. The van der Waals surface area contributed by atoms with Crippen LogP contribution in [0, 0.1) is 0 Å². The number of fused-ring (bicyclic) bond motifs is 9. The lowest BCUT2D eigenvalue weighted by Crippen LogP contribution is -2.24. The summed E-state index contributed by atoms with van der Waals surface area (Å²) in [6.07, 6.45) is 6.45. The largest absolute Gasteiger partial charge is 0.359 e. The highest BCUT2D eigenvalue weighted by molar-refractivity contribution is 6.13. The first-order valence-corrected chi connectivity index (χ1v) is 21.3. The van der Waals surface area contributed by atoms with Gasteiger partial charge >= 0.3 is 0 Å². The fourth-order valence-corrected chi connectivity index (χ4v) is 9.73. The van der Waals surface area contributed by atoms with Crippen molar-refractivity contribution in [3.05, 3.63) is 218 Å². The van der Waals surface area contributed by atoms with E-state index in [9.17, 15) is 0 Å². The fraction of sp³-hybridized carbons (Fsp3) is 0.0179. The number of allylic oxidation sites excluding steroid dienone is 2. The SMILES string of the molecule is C1=CC(c2cccc(-c3cccc(-c4cccc(-n5c6ccccc6c6ccccc65)n4)n3)n2)NC(n2c3ccccc3c3cc(-n4c5ccccc5c5ccccc54)ccc32)=C1. The van der Waals surface area contributed by atoms with Crippen LogP contribution in [0.1, 0.15) is 11.7 Å². The first-order chi connectivity index (χ1) is 31.2. The predicted octanol–water partition coefficient (Wildman–Crippen LogP) is 13.2. The molecule has 1 atom stereocenters. The van der Waals surface area contributed by atoms with Gasteiger partial charge in [0.1, 0.15) is 11.6 Å². The van der Waals surface area contributed by atoms with Crippen LogP contribution in [0.2, 0.25) is 0 Å². The van der Waals surface area contributed by atoms with Crippen LogP contribution in [0.15, 0.2) is 212 Å². The molecule has 1 N–H and O–H groups in total. The first-order valence-electron chi connectivity index (χ1n) is 21.3. The van der Waals surface area contributed by atoms with Crippen molar-refractivity contribution in [3.63, 3.8) is 0 Å². The van der Waals surface area contributed by atoms with Crippen molar-refractivity contribution >= 4 is 71.2 Å². The predicted molar refractivity (Wildman–Crippen MR) is 258 cm³/mol. The van der Waals surface area contributed by atoms with Crippen molar-refractivity contribution in [2.45, 2.75) is 6.04 Å². The minimum absolute atomic E-state index is 0.161. The standard InChI is InChI=1S/C56H37N7/c1-6-26-49-37(15-1)38-16-2-7-27-50(38)61(49)36-33-34-54-42(35-36)41-19-5-10-30-53(41)63(54)56-32-14-25-48(60-56)46-23-12-21-44(58-46)43-20-11-22-45(57-43)47-24-13-31-55(59-47)62-51-28-8-3-17-39(51)40-18-4-9-29-52(40)62/h1-35,48,60H. The Kier molecular flexibility index (Phi) is 7.83. The number of rotatable bonds is 6. The average Bonchev–Trinajstić information content (AvgIpc) is 4.00. The summed E-state index contributed by atoms with van der Waals surface area (Å²) in [5, 5.41) is 11.2. The zero-order chi connectivity index (χ0) is 41.4. The smallest absolute Gasteiger partial charge is 0.138 e. The summed E-state index contributed by atoms with van der Waals surface area (Å²) < 4.78 is 6.96. The molecular formula is C56H37N7. The molecule has 0 aliphatic carbocycles. The Hall–Kier alpha value is -8.55. The quantitative estimate of drug-likeness (QED) is 0.182. The molecule has 6 aromatic heterocycles. The van der Waals surface area contributed by atoms with E-state index in [1.807, 2.05) is 30.3 Å². The molecule has 13 rings (SSSR count). The summed E-state index contributed by atoms with van der Waals surface area (Å²) in [6.45, 7) is 0. The summed E-state index contributed by atoms with van der Waals surface area (Å²) in [4.78, 5) is 15.5. The minimum Gasteiger partial charge on any atom is -0.359 e. The molecule has 0 amide bonds. The molecule has 296 valence electrons. The highest BCUT2D eigenvalue weighted by Gasteiger charge is 2.21. The molecule has 1 unspecified atom stereocenters. The molecule has 7 heteroatoms. The lowest BCUT2D eigenvalue weighted by molar-refractivity contribution is 0.714. The fourth-order valence-electron chi connectivity index (χ4n) is 9.73. The number of hydrogen-bond donors (Lipinski definition) is 1. The van der Waals surface area contributed by atoms with Gasteiger partial charge in [-0.05, 0) is 91.0 Å². The van der Waals surface area contributed by atoms with E-state index in [1.165, 1.54) is 43.4 Å². The molecule has 63 heavy (non-hydrogen) atoms. The van der Waals surface area contributed by atoms with Gasteiger partial charge in [-0.3, -0.25) is 9.13 Å². The third-order valence-corrected chi connectivity index (χ3v) is 12.5. The van der Waals surface area contributed by atoms with E-state index < -0.39 is 0 Å². The molecule has 7 heterocycles. The topological polar surface area (TPSA) is 65.5 Å². The van der Waals surface area contributed by atoms with E-state index in [4.69, 9.17) is 15.0 Å². The van der Waals surface area contributed by atoms with Gasteiger partial charge < -0.3 is 9.88 Å². The van der Waals surface area contributed by atoms with Crippen LogP contribution < -0.4 is 5.32 Å². The van der Waals surface area contributed by atoms with Crippen LogP contribution in [0.3, 0.4) is 0 Å². The number of aromatic nitrogens is 6. The van der Waals surface area contributed by atoms with Gasteiger partial charge in [0, 0.05) is 38.0 Å². The van der Waals surface area contributed by atoms with Gasteiger partial charge in [-0.1, -0.05) is 121 Å². The number of benzene rings is 6. The third kappa shape index (κ3) is 5.57. The second-order valence-corrected chi connectivity index (χ2v) is 16.1. The number of hydrogen-bond acceptors (Lipinski definition) is 4. The van der Waals surface area contributed by atoms with E-state index in [0.717, 1.165) is 67.9 Å². The maximum atomic E-state index is 5.22. The van der Waals surface area contributed by atoms with Crippen molar-refractivity contribution < 1.29 is 0 Å². The van der Waals surface area contributed by atoms with E-state index in [2.05, 4.69) is 201 Å². The van der Waals surface area contributed by atoms with Crippen LogP contribution >= 0.6 is 0 Å². The van der Waals surface area contributed by atoms with Crippen molar-refractivity contribution in [3.8, 4) is 34.3 Å². The maximum absolute atomic E-state index is 5.22. The molecule has 0 saturated heterocycles. The second kappa shape index (κ2) is 14.0. The van der Waals surface area contributed by atoms with Crippen LogP contribution in [-0.2, 0) is 0 Å². The molecule has 12 aromatic rings. The van der Waals surface area contributed by atoms with Crippen molar-refractivity contribution in [1.29, 1.82) is 0 Å². The summed E-state index contributed by atoms with van der Waals surface area (Å²) in [6, 6.07) is 68.1. The Morgan fingerprint density at radius 1 is 0.365 bits per heavy atom. The molecule has 0 bridgehead atoms. The Labute approximate surface area is 362 Å². The summed E-state index contributed by atoms with van der Waals surface area (Å²) in [7, 11) is 0. The van der Waals surface area contributed by atoms with Gasteiger partial charge in [0.05, 0.1) is 67.6 Å². The number of dihydropyridines is 1. The molecule has 1 aliphatic rings. The minimum atomic E-state index is -0.161. The molecule has 0 saturated carbocycles. The lowest BCUT2D eigenvalue weighted by atomic mass is 10.1. The molecule has 7 nitrogen and oxygen atoms in total. The number of para-hydroxylation sites is 5. The summed E-state index contributed by atoms with van der Waals surface area (Å²) in [5.41, 5.74) is 12.1. The maximum Gasteiger partial charge on any atom is 0.138 e. The van der Waals surface area contributed by atoms with Crippen LogP contribution in [0.25, 0.3) is 106 Å². The van der Waals surface area contributed by atoms with Gasteiger partial charge in [-0.25, -0.2) is 15.0 Å². The van der Waals surface area contributed by atoms with E-state index >= 15 is 0 Å². The van der Waals surface area contributed by atoms with Gasteiger partial charge in [0.15, 0.2) is 0 Å². The van der Waals surface area contributed by atoms with Gasteiger partial charge in [-0.15, -0.1) is 0 Å². The number of nitrogens with zero attached hydrogens (tertiary/aromatic N) is 6. The Morgan fingerprint density at radius 2 is 0.825 bits per heavy atom. The van der Waals surface area contributed by atoms with Crippen molar-refractivity contribution in [2.24, 2.45) is 0 Å². The molecule has 1 aliphatic heterocycles. The summed E-state index contributed by atoms with van der Waals surface area (Å²) in [5.74, 6) is 1.84. The van der Waals surface area contributed by atoms with Crippen LogP contribution in [0.4, 0.5) is 0 Å². The number of pyridine rings is 3. The molecular weight excluding hydrogens is 771 g/mol. The average molecular weight is 808 g/mol. The van der Waals surface area contributed by atoms with Crippen molar-refractivity contribution in [1.82, 2.24) is 34.0 Å². The lowest BCUT2D eigenvalue weighted by Gasteiger charge is -2.23. The van der Waals surface area contributed by atoms with E-state index in [-0.39, 0.29) is 6.04 Å². The van der Waals surface area contributed by atoms with Crippen LogP contribution in [0.5, 0.6) is 0 Å². The highest BCUT2D eigenvalue weighted by atomic mass is 15.2. The molecule has 0 radical (unpaired) electrons. The molecule has 0 fully saturated rings. The normalized spacial score (nSPS) is 14.0. The van der Waals surface area contributed by atoms with E-state index in [1.54, 1.807) is 0 Å². The third-order valence-electron chi connectivity index (χ3n) is 12.5. The Bertz CT molecular complexity index is 3750.